The Kier molecular flexibility index (Phi) is 38.5. The summed E-state index contributed by atoms with van der Waals surface area (Å²) in [5.41, 5.74) is 0. The van der Waals surface area contributed by atoms with E-state index in [9.17, 15) is 24.2 Å². The summed E-state index contributed by atoms with van der Waals surface area (Å²) in [4.78, 5) is 35.0. The Morgan fingerprint density at radius 3 is 1.17 bits per heavy atom. The number of phosphoric acid groups is 1. The van der Waals surface area contributed by atoms with Crippen LogP contribution in [0.25, 0.3) is 0 Å². The number of rotatable bonds is 42. The molecule has 0 saturated carbocycles. The molecule has 10 nitrogen and oxygen atoms in total. The van der Waals surface area contributed by atoms with Gasteiger partial charge in [-0.25, -0.2) is 4.57 Å². The normalized spacial score (nSPS) is 13.8. The van der Waals surface area contributed by atoms with Crippen molar-refractivity contribution in [3.8, 4) is 0 Å². The fourth-order valence-corrected chi connectivity index (χ4v) is 7.14. The summed E-state index contributed by atoms with van der Waals surface area (Å²) in [6.07, 6.45) is 34.9. The minimum absolute atomic E-state index is 0.192. The number of phosphoric ester groups is 1. The molecule has 0 aromatic rings. The molecule has 53 heavy (non-hydrogen) atoms. The van der Waals surface area contributed by atoms with E-state index in [0.717, 1.165) is 32.1 Å². The van der Waals surface area contributed by atoms with Crippen LogP contribution >= 0.6 is 7.82 Å². The average Bonchev–Trinajstić information content (AvgIpc) is 3.14. The van der Waals surface area contributed by atoms with E-state index in [4.69, 9.17) is 23.6 Å². The Labute approximate surface area is 324 Å². The topological polar surface area (TPSA) is 149 Å². The van der Waals surface area contributed by atoms with Crippen molar-refractivity contribution in [2.24, 2.45) is 0 Å². The summed E-state index contributed by atoms with van der Waals surface area (Å²) in [7, 11) is -4.61. The highest BCUT2D eigenvalue weighted by atomic mass is 31.2. The van der Waals surface area contributed by atoms with Crippen LogP contribution in [-0.4, -0.2) is 65.7 Å². The smallest absolute Gasteiger partial charge is 0.462 e. The van der Waals surface area contributed by atoms with Gasteiger partial charge in [0.2, 0.25) is 0 Å². The summed E-state index contributed by atoms with van der Waals surface area (Å²) in [6.45, 7) is 2.42. The van der Waals surface area contributed by atoms with Gasteiger partial charge in [0, 0.05) is 12.8 Å². The molecule has 0 rings (SSSR count). The lowest BCUT2D eigenvalue weighted by atomic mass is 10.0. The zero-order valence-corrected chi connectivity index (χ0v) is 35.2. The lowest BCUT2D eigenvalue weighted by Gasteiger charge is -2.20. The number of aliphatic hydroxyl groups excluding tert-OH is 2. The molecule has 3 N–H and O–H groups in total. The summed E-state index contributed by atoms with van der Waals surface area (Å²) < 4.78 is 32.7. The van der Waals surface area contributed by atoms with Crippen molar-refractivity contribution in [3.63, 3.8) is 0 Å². The summed E-state index contributed by atoms with van der Waals surface area (Å²) in [6, 6.07) is 0. The number of carbonyl (C=O) groups excluding carboxylic acids is 2. The SMILES string of the molecule is CCCCCCCCCCCCCCCCCC(=O)OC[C@H](COP(=O)(O)OCC(O)CO)OC(=O)CCCCCCCCCCCCCCCCC. The van der Waals surface area contributed by atoms with E-state index in [0.29, 0.717) is 12.8 Å². The van der Waals surface area contributed by atoms with Crippen LogP contribution in [0.5, 0.6) is 0 Å². The maximum absolute atomic E-state index is 12.6. The van der Waals surface area contributed by atoms with Gasteiger partial charge >= 0.3 is 19.8 Å². The van der Waals surface area contributed by atoms with Gasteiger partial charge in [-0.2, -0.15) is 0 Å². The molecule has 0 aromatic carbocycles. The molecular weight excluding hydrogens is 695 g/mol. The Bertz CT molecular complexity index is 858. The third-order valence-corrected chi connectivity index (χ3v) is 10.7. The van der Waals surface area contributed by atoms with Crippen molar-refractivity contribution < 1.29 is 47.8 Å². The Morgan fingerprint density at radius 1 is 0.491 bits per heavy atom. The number of hydrogen-bond donors (Lipinski definition) is 3. The van der Waals surface area contributed by atoms with Crippen molar-refractivity contribution in [1.82, 2.24) is 0 Å². The second-order valence-corrected chi connectivity index (χ2v) is 16.5. The van der Waals surface area contributed by atoms with Crippen molar-refractivity contribution in [2.75, 3.05) is 26.4 Å². The predicted octanol–water partition coefficient (Wildman–Crippen LogP) is 11.5. The van der Waals surface area contributed by atoms with Crippen LogP contribution in [0.2, 0.25) is 0 Å². The largest absolute Gasteiger partial charge is 0.472 e. The van der Waals surface area contributed by atoms with E-state index in [1.54, 1.807) is 0 Å². The van der Waals surface area contributed by atoms with Gasteiger partial charge in [-0.3, -0.25) is 18.6 Å². The van der Waals surface area contributed by atoms with Gasteiger partial charge < -0.3 is 24.6 Å². The van der Waals surface area contributed by atoms with Crippen molar-refractivity contribution in [2.45, 2.75) is 232 Å². The zero-order valence-electron chi connectivity index (χ0n) is 34.3. The third kappa shape index (κ3) is 39.0. The highest BCUT2D eigenvalue weighted by Crippen LogP contribution is 2.43. The van der Waals surface area contributed by atoms with E-state index >= 15 is 0 Å². The van der Waals surface area contributed by atoms with E-state index in [1.165, 1.54) is 148 Å². The van der Waals surface area contributed by atoms with Crippen molar-refractivity contribution in [1.29, 1.82) is 0 Å². The minimum atomic E-state index is -4.61. The molecule has 0 heterocycles. The summed E-state index contributed by atoms with van der Waals surface area (Å²) in [5.74, 6) is -0.909. The summed E-state index contributed by atoms with van der Waals surface area (Å²) in [5, 5.41) is 18.3. The molecule has 0 radical (unpaired) electrons. The highest BCUT2D eigenvalue weighted by molar-refractivity contribution is 7.47. The van der Waals surface area contributed by atoms with Crippen LogP contribution in [-0.2, 0) is 32.7 Å². The zero-order chi connectivity index (χ0) is 39.1. The van der Waals surface area contributed by atoms with Crippen molar-refractivity contribution in [3.05, 3.63) is 0 Å². The van der Waals surface area contributed by atoms with Gasteiger partial charge in [0.15, 0.2) is 6.10 Å². The molecule has 0 spiro atoms. The van der Waals surface area contributed by atoms with E-state index in [2.05, 4.69) is 13.8 Å². The first-order chi connectivity index (χ1) is 25.7. The summed E-state index contributed by atoms with van der Waals surface area (Å²) >= 11 is 0. The number of hydrogen-bond acceptors (Lipinski definition) is 9. The molecular formula is C42H83O10P. The molecule has 0 saturated heterocycles. The molecule has 11 heteroatoms. The molecule has 0 aliphatic rings. The molecule has 0 amide bonds. The number of unbranched alkanes of at least 4 members (excludes halogenated alkanes) is 28. The minimum Gasteiger partial charge on any atom is -0.462 e. The first kappa shape index (κ1) is 52.0. The van der Waals surface area contributed by atoms with Crippen LogP contribution < -0.4 is 0 Å². The number of esters is 2. The van der Waals surface area contributed by atoms with Gasteiger partial charge in [-0.05, 0) is 12.8 Å². The molecule has 0 fully saturated rings. The second kappa shape index (κ2) is 39.2. The third-order valence-electron chi connectivity index (χ3n) is 9.76. The molecule has 2 unspecified atom stereocenters. The lowest BCUT2D eigenvalue weighted by Crippen LogP contribution is -2.29. The maximum Gasteiger partial charge on any atom is 0.472 e. The first-order valence-corrected chi connectivity index (χ1v) is 23.5. The number of carbonyl (C=O) groups is 2. The molecule has 0 bridgehead atoms. The van der Waals surface area contributed by atoms with Crippen LogP contribution in [0.1, 0.15) is 219 Å². The van der Waals surface area contributed by atoms with E-state index in [1.807, 2.05) is 0 Å². The van der Waals surface area contributed by atoms with Crippen LogP contribution in [0.3, 0.4) is 0 Å². The van der Waals surface area contributed by atoms with Gasteiger partial charge in [0.05, 0.1) is 19.8 Å². The molecule has 0 aromatic heterocycles. The molecule has 3 atom stereocenters. The van der Waals surface area contributed by atoms with Gasteiger partial charge in [0.1, 0.15) is 12.7 Å². The number of aliphatic hydroxyl groups is 2. The van der Waals surface area contributed by atoms with E-state index in [-0.39, 0.29) is 19.4 Å². The van der Waals surface area contributed by atoms with Crippen LogP contribution in [0.4, 0.5) is 0 Å². The average molecular weight is 779 g/mol. The fourth-order valence-electron chi connectivity index (χ4n) is 6.35. The molecule has 316 valence electrons. The monoisotopic (exact) mass is 779 g/mol. The van der Waals surface area contributed by atoms with Crippen molar-refractivity contribution >= 4 is 19.8 Å². The van der Waals surface area contributed by atoms with Crippen LogP contribution in [0.15, 0.2) is 0 Å². The van der Waals surface area contributed by atoms with Gasteiger partial charge in [-0.1, -0.05) is 194 Å². The molecule has 0 aliphatic carbocycles. The Morgan fingerprint density at radius 2 is 0.811 bits per heavy atom. The quantitative estimate of drug-likeness (QED) is 0.0310. The van der Waals surface area contributed by atoms with Crippen LogP contribution in [0, 0.1) is 0 Å². The predicted molar refractivity (Wildman–Crippen MR) is 215 cm³/mol. The Balaban J connectivity index is 4.24. The van der Waals surface area contributed by atoms with Gasteiger partial charge in [-0.15, -0.1) is 0 Å². The van der Waals surface area contributed by atoms with Gasteiger partial charge in [0.25, 0.3) is 0 Å². The highest BCUT2D eigenvalue weighted by Gasteiger charge is 2.27. The second-order valence-electron chi connectivity index (χ2n) is 15.1. The molecule has 0 aliphatic heterocycles. The fraction of sp³-hybridized carbons (Fsp3) is 0.952. The number of ether oxygens (including phenoxy) is 2. The Hall–Kier alpha value is -1.03. The lowest BCUT2D eigenvalue weighted by molar-refractivity contribution is -0.161. The maximum atomic E-state index is 12.6. The standard InChI is InChI=1S/C42H83O10P/c1-3-5-7-9-11-13-15-17-19-21-23-25-27-29-31-33-41(45)49-37-40(38-51-53(47,48)50-36-39(44)35-43)52-42(46)34-32-30-28-26-24-22-20-18-16-14-12-10-8-6-4-2/h39-40,43-44H,3-38H2,1-2H3,(H,47,48)/t39?,40-/m1/s1. The first-order valence-electron chi connectivity index (χ1n) is 22.0. The van der Waals surface area contributed by atoms with E-state index < -0.39 is 51.8 Å².